The van der Waals surface area contributed by atoms with Crippen molar-refractivity contribution in [2.24, 2.45) is 0 Å². The van der Waals surface area contributed by atoms with Crippen LogP contribution in [0.25, 0.3) is 0 Å². The van der Waals surface area contributed by atoms with Crippen molar-refractivity contribution in [2.45, 2.75) is 32.4 Å². The Morgan fingerprint density at radius 2 is 1.91 bits per heavy atom. The van der Waals surface area contributed by atoms with Crippen LogP contribution in [0.3, 0.4) is 0 Å². The predicted molar refractivity (Wildman–Crippen MR) is 78.2 cm³/mol. The van der Waals surface area contributed by atoms with Gasteiger partial charge in [0.25, 0.3) is 0 Å². The first kappa shape index (κ1) is 17.4. The average molecular weight is 332 g/mol. The van der Waals surface area contributed by atoms with E-state index in [-0.39, 0.29) is 36.1 Å². The Hall–Kier alpha value is -1.96. The van der Waals surface area contributed by atoms with Crippen LogP contribution in [0.1, 0.15) is 13.8 Å². The van der Waals surface area contributed by atoms with E-state index in [0.29, 0.717) is 13.1 Å². The molecule has 1 aromatic rings. The van der Waals surface area contributed by atoms with Crippen molar-refractivity contribution >= 4 is 11.6 Å². The van der Waals surface area contributed by atoms with Crippen molar-refractivity contribution in [1.82, 2.24) is 4.90 Å². The van der Waals surface area contributed by atoms with E-state index >= 15 is 0 Å². The van der Waals surface area contributed by atoms with Gasteiger partial charge in [-0.15, -0.1) is 13.2 Å². The fraction of sp³-hybridized carbons (Fsp3) is 0.533. The van der Waals surface area contributed by atoms with Crippen LogP contribution >= 0.6 is 0 Å². The van der Waals surface area contributed by atoms with Gasteiger partial charge >= 0.3 is 6.36 Å². The number of para-hydroxylation sites is 2. The lowest BCUT2D eigenvalue weighted by Gasteiger charge is -2.35. The van der Waals surface area contributed by atoms with Crippen molar-refractivity contribution in [1.29, 1.82) is 0 Å². The Labute approximate surface area is 132 Å². The zero-order chi connectivity index (χ0) is 17.0. The summed E-state index contributed by atoms with van der Waals surface area (Å²) in [6.45, 7) is 4.56. The second-order valence-corrected chi connectivity index (χ2v) is 5.45. The Balaban J connectivity index is 1.96. The van der Waals surface area contributed by atoms with E-state index in [4.69, 9.17) is 4.74 Å². The van der Waals surface area contributed by atoms with Crippen LogP contribution in [0.2, 0.25) is 0 Å². The maximum atomic E-state index is 12.4. The van der Waals surface area contributed by atoms with E-state index in [0.717, 1.165) is 0 Å². The molecule has 0 bridgehead atoms. The lowest BCUT2D eigenvalue weighted by atomic mass is 10.2. The van der Waals surface area contributed by atoms with Gasteiger partial charge in [0.05, 0.1) is 24.4 Å². The Morgan fingerprint density at radius 3 is 2.52 bits per heavy atom. The molecule has 128 valence electrons. The largest absolute Gasteiger partial charge is 0.573 e. The molecule has 2 unspecified atom stereocenters. The smallest absolute Gasteiger partial charge is 0.404 e. The molecule has 1 fully saturated rings. The minimum atomic E-state index is -4.78. The van der Waals surface area contributed by atoms with Crippen LogP contribution in [0.4, 0.5) is 18.9 Å². The highest BCUT2D eigenvalue weighted by Gasteiger charge is 2.32. The molecule has 2 rings (SSSR count). The zero-order valence-corrected chi connectivity index (χ0v) is 12.9. The van der Waals surface area contributed by atoms with Crippen molar-refractivity contribution in [3.8, 4) is 5.75 Å². The van der Waals surface area contributed by atoms with Gasteiger partial charge in [0, 0.05) is 13.1 Å². The molecule has 1 N–H and O–H groups in total. The van der Waals surface area contributed by atoms with E-state index in [2.05, 4.69) is 10.1 Å². The Bertz CT molecular complexity index is 541. The molecule has 1 heterocycles. The highest BCUT2D eigenvalue weighted by atomic mass is 19.4. The summed E-state index contributed by atoms with van der Waals surface area (Å²) in [6, 6.07) is 5.62. The number of anilines is 1. The number of carbonyl (C=O) groups excluding carboxylic acids is 1. The van der Waals surface area contributed by atoms with E-state index in [1.165, 1.54) is 18.2 Å². The highest BCUT2D eigenvalue weighted by Crippen LogP contribution is 2.29. The number of hydrogen-bond donors (Lipinski definition) is 1. The van der Waals surface area contributed by atoms with Crippen molar-refractivity contribution in [3.05, 3.63) is 24.3 Å². The molecule has 1 aliphatic heterocycles. The van der Waals surface area contributed by atoms with Gasteiger partial charge in [-0.25, -0.2) is 0 Å². The minimum Gasteiger partial charge on any atom is -0.404 e. The molecule has 0 saturated carbocycles. The summed E-state index contributed by atoms with van der Waals surface area (Å²) >= 11 is 0. The second kappa shape index (κ2) is 7.08. The molecule has 8 heteroatoms. The van der Waals surface area contributed by atoms with Crippen LogP contribution in [-0.2, 0) is 9.53 Å². The molecule has 5 nitrogen and oxygen atoms in total. The first-order valence-electron chi connectivity index (χ1n) is 7.26. The molecule has 0 aliphatic carbocycles. The molecular weight excluding hydrogens is 313 g/mol. The summed E-state index contributed by atoms with van der Waals surface area (Å²) < 4.78 is 46.6. The number of hydrogen-bond acceptors (Lipinski definition) is 4. The molecule has 1 amide bonds. The van der Waals surface area contributed by atoms with Crippen LogP contribution < -0.4 is 10.1 Å². The van der Waals surface area contributed by atoms with E-state index in [9.17, 15) is 18.0 Å². The summed E-state index contributed by atoms with van der Waals surface area (Å²) in [5.74, 6) is -0.565. The third-order valence-corrected chi connectivity index (χ3v) is 3.32. The molecular formula is C15H19F3N2O3. The number of nitrogens with one attached hydrogen (secondary N) is 1. The molecule has 0 radical (unpaired) electrons. The predicted octanol–water partition coefficient (Wildman–Crippen LogP) is 2.63. The number of carbonyl (C=O) groups is 1. The van der Waals surface area contributed by atoms with Crippen LogP contribution in [-0.4, -0.2) is 49.0 Å². The normalized spacial score (nSPS) is 21.9. The third kappa shape index (κ3) is 5.31. The Kier molecular flexibility index (Phi) is 5.35. The molecule has 0 spiro atoms. The summed E-state index contributed by atoms with van der Waals surface area (Å²) in [4.78, 5) is 13.8. The summed E-state index contributed by atoms with van der Waals surface area (Å²) in [5, 5.41) is 2.71. The SMILES string of the molecule is CC1CN(C(=O)CNc2ccccc2OC(F)(F)F)CC(C)O1. The van der Waals surface area contributed by atoms with Crippen LogP contribution in [0, 0.1) is 0 Å². The minimum absolute atomic E-state index is 0.0662. The third-order valence-electron chi connectivity index (χ3n) is 3.32. The van der Waals surface area contributed by atoms with Crippen LogP contribution in [0.15, 0.2) is 24.3 Å². The van der Waals surface area contributed by atoms with E-state index in [1.807, 2.05) is 13.8 Å². The first-order chi connectivity index (χ1) is 10.7. The molecule has 1 saturated heterocycles. The second-order valence-electron chi connectivity index (χ2n) is 5.45. The standard InChI is InChI=1S/C15H19F3N2O3/c1-10-8-20(9-11(2)22-10)14(21)7-19-12-5-3-4-6-13(12)23-15(16,17)18/h3-6,10-11,19H,7-9H2,1-2H3. The number of nitrogens with zero attached hydrogens (tertiary/aromatic N) is 1. The maximum absolute atomic E-state index is 12.4. The van der Waals surface area contributed by atoms with Gasteiger partial charge in [0.2, 0.25) is 5.91 Å². The van der Waals surface area contributed by atoms with E-state index < -0.39 is 6.36 Å². The average Bonchev–Trinajstić information content (AvgIpc) is 2.43. The lowest BCUT2D eigenvalue weighted by Crippen LogP contribution is -2.49. The number of alkyl halides is 3. The molecule has 1 aliphatic rings. The Morgan fingerprint density at radius 1 is 1.30 bits per heavy atom. The van der Waals surface area contributed by atoms with Gasteiger partial charge in [-0.3, -0.25) is 4.79 Å². The monoisotopic (exact) mass is 332 g/mol. The highest BCUT2D eigenvalue weighted by molar-refractivity contribution is 5.81. The van der Waals surface area contributed by atoms with Gasteiger partial charge in [0.1, 0.15) is 0 Å². The van der Waals surface area contributed by atoms with Crippen molar-refractivity contribution in [3.63, 3.8) is 0 Å². The summed E-state index contributed by atoms with van der Waals surface area (Å²) in [7, 11) is 0. The number of halogens is 3. The number of amides is 1. The maximum Gasteiger partial charge on any atom is 0.573 e. The number of rotatable bonds is 4. The first-order valence-corrected chi connectivity index (χ1v) is 7.26. The molecule has 23 heavy (non-hydrogen) atoms. The zero-order valence-electron chi connectivity index (χ0n) is 12.9. The summed E-state index contributed by atoms with van der Waals surface area (Å²) in [6.07, 6.45) is -4.91. The van der Waals surface area contributed by atoms with Gasteiger partial charge < -0.3 is 19.7 Å². The molecule has 2 atom stereocenters. The van der Waals surface area contributed by atoms with Gasteiger partial charge in [-0.2, -0.15) is 0 Å². The number of ether oxygens (including phenoxy) is 2. The van der Waals surface area contributed by atoms with Crippen molar-refractivity contribution in [2.75, 3.05) is 25.0 Å². The number of benzene rings is 1. The van der Waals surface area contributed by atoms with Gasteiger partial charge in [0.15, 0.2) is 5.75 Å². The van der Waals surface area contributed by atoms with E-state index in [1.54, 1.807) is 11.0 Å². The fourth-order valence-electron chi connectivity index (χ4n) is 2.49. The topological polar surface area (TPSA) is 50.8 Å². The molecule has 1 aromatic carbocycles. The lowest BCUT2D eigenvalue weighted by molar-refractivity contribution is -0.274. The van der Waals surface area contributed by atoms with Gasteiger partial charge in [-0.05, 0) is 26.0 Å². The van der Waals surface area contributed by atoms with Gasteiger partial charge in [-0.1, -0.05) is 12.1 Å². The number of morpholine rings is 1. The van der Waals surface area contributed by atoms with Crippen LogP contribution in [0.5, 0.6) is 5.75 Å². The fourth-order valence-corrected chi connectivity index (χ4v) is 2.49. The molecule has 0 aromatic heterocycles. The van der Waals surface area contributed by atoms with Crippen molar-refractivity contribution < 1.29 is 27.4 Å². The summed E-state index contributed by atoms with van der Waals surface area (Å²) in [5.41, 5.74) is 0.118. The quantitative estimate of drug-likeness (QED) is 0.921.